The summed E-state index contributed by atoms with van der Waals surface area (Å²) in [5, 5.41) is 5.53. The van der Waals surface area contributed by atoms with Crippen molar-refractivity contribution in [2.45, 2.75) is 46.1 Å². The standard InChI is InChI=1S/C21H27ClN6O/c1-21(2,3)10-18(29)27-7-5-16(6-8-27)28-17(15-12-24-26(4)13-15)9-14-11-23-20(22)25-19(14)28/h9,11-13,16H,5-8,10H2,1-4H3. The first-order valence-electron chi connectivity index (χ1n) is 10.0. The molecule has 154 valence electrons. The number of piperidine rings is 1. The van der Waals surface area contributed by atoms with Crippen LogP contribution in [0.5, 0.6) is 0 Å². The van der Waals surface area contributed by atoms with Crippen molar-refractivity contribution >= 4 is 28.5 Å². The van der Waals surface area contributed by atoms with E-state index in [1.165, 1.54) is 0 Å². The molecule has 0 N–H and O–H groups in total. The highest BCUT2D eigenvalue weighted by Crippen LogP contribution is 2.35. The summed E-state index contributed by atoms with van der Waals surface area (Å²) in [7, 11) is 1.91. The molecule has 1 fully saturated rings. The number of aryl methyl sites for hydroxylation is 1. The first kappa shape index (κ1) is 19.9. The second kappa shape index (κ2) is 7.44. The highest BCUT2D eigenvalue weighted by Gasteiger charge is 2.29. The molecule has 0 saturated carbocycles. The fourth-order valence-corrected chi connectivity index (χ4v) is 4.20. The summed E-state index contributed by atoms with van der Waals surface area (Å²) in [6.45, 7) is 7.82. The zero-order valence-corrected chi connectivity index (χ0v) is 18.1. The van der Waals surface area contributed by atoms with Crippen molar-refractivity contribution in [2.75, 3.05) is 13.1 Å². The Labute approximate surface area is 175 Å². The lowest BCUT2D eigenvalue weighted by atomic mass is 9.91. The van der Waals surface area contributed by atoms with Crippen LogP contribution in [0.3, 0.4) is 0 Å². The van der Waals surface area contributed by atoms with Gasteiger partial charge in [-0.15, -0.1) is 0 Å². The van der Waals surface area contributed by atoms with Gasteiger partial charge in [0.25, 0.3) is 0 Å². The number of hydrogen-bond donors (Lipinski definition) is 0. The van der Waals surface area contributed by atoms with Crippen molar-refractivity contribution in [2.24, 2.45) is 12.5 Å². The van der Waals surface area contributed by atoms with E-state index >= 15 is 0 Å². The van der Waals surface area contributed by atoms with Gasteiger partial charge in [0.05, 0.1) is 11.9 Å². The summed E-state index contributed by atoms with van der Waals surface area (Å²) in [4.78, 5) is 23.3. The van der Waals surface area contributed by atoms with Gasteiger partial charge in [-0.1, -0.05) is 20.8 Å². The molecular weight excluding hydrogens is 388 g/mol. The van der Waals surface area contributed by atoms with Crippen LogP contribution in [0.15, 0.2) is 24.7 Å². The number of halogens is 1. The predicted molar refractivity (Wildman–Crippen MR) is 114 cm³/mol. The molecule has 29 heavy (non-hydrogen) atoms. The first-order valence-corrected chi connectivity index (χ1v) is 10.4. The fraction of sp³-hybridized carbons (Fsp3) is 0.524. The van der Waals surface area contributed by atoms with Crippen LogP contribution in [-0.4, -0.2) is 48.2 Å². The quantitative estimate of drug-likeness (QED) is 0.605. The summed E-state index contributed by atoms with van der Waals surface area (Å²) in [5.41, 5.74) is 2.94. The maximum absolute atomic E-state index is 12.6. The van der Waals surface area contributed by atoms with E-state index in [1.54, 1.807) is 10.9 Å². The first-order chi connectivity index (χ1) is 13.7. The van der Waals surface area contributed by atoms with Crippen LogP contribution in [0.1, 0.15) is 46.1 Å². The van der Waals surface area contributed by atoms with Crippen molar-refractivity contribution < 1.29 is 4.79 Å². The fourth-order valence-electron chi connectivity index (χ4n) is 4.07. The third-order valence-electron chi connectivity index (χ3n) is 5.41. The van der Waals surface area contributed by atoms with Crippen LogP contribution in [-0.2, 0) is 11.8 Å². The molecule has 3 aromatic heterocycles. The van der Waals surface area contributed by atoms with Gasteiger partial charge in [-0.25, -0.2) is 4.98 Å². The topological polar surface area (TPSA) is 68.8 Å². The van der Waals surface area contributed by atoms with E-state index < -0.39 is 0 Å². The second-order valence-corrected chi connectivity index (χ2v) is 9.41. The van der Waals surface area contributed by atoms with Crippen molar-refractivity contribution in [3.05, 3.63) is 29.9 Å². The number of carbonyl (C=O) groups is 1. The second-order valence-electron chi connectivity index (χ2n) is 9.07. The van der Waals surface area contributed by atoms with Crippen LogP contribution in [0.25, 0.3) is 22.3 Å². The Kier molecular flexibility index (Phi) is 5.11. The van der Waals surface area contributed by atoms with Crippen molar-refractivity contribution in [1.29, 1.82) is 0 Å². The Morgan fingerprint density at radius 3 is 2.59 bits per heavy atom. The number of aromatic nitrogens is 5. The molecule has 0 spiro atoms. The van der Waals surface area contributed by atoms with Crippen LogP contribution in [0, 0.1) is 5.41 Å². The smallest absolute Gasteiger partial charge is 0.224 e. The maximum Gasteiger partial charge on any atom is 0.224 e. The Bertz CT molecular complexity index is 1040. The minimum atomic E-state index is 0.00566. The van der Waals surface area contributed by atoms with E-state index in [0.717, 1.165) is 48.2 Å². The minimum Gasteiger partial charge on any atom is -0.343 e. The van der Waals surface area contributed by atoms with Gasteiger partial charge in [-0.2, -0.15) is 10.1 Å². The van der Waals surface area contributed by atoms with Gasteiger partial charge in [0, 0.05) is 55.9 Å². The Balaban J connectivity index is 1.64. The molecule has 1 aliphatic heterocycles. The van der Waals surface area contributed by atoms with Gasteiger partial charge >= 0.3 is 0 Å². The molecule has 0 atom stereocenters. The Hall–Kier alpha value is -2.41. The van der Waals surface area contributed by atoms with Gasteiger partial charge in [0.1, 0.15) is 5.65 Å². The van der Waals surface area contributed by atoms with Gasteiger partial charge < -0.3 is 9.47 Å². The minimum absolute atomic E-state index is 0.00566. The SMILES string of the molecule is Cn1cc(-c2cc3cnc(Cl)nc3n2C2CCN(C(=O)CC(C)(C)C)CC2)cn1. The number of fused-ring (bicyclic) bond motifs is 1. The normalized spacial score (nSPS) is 16.0. The molecule has 8 heteroatoms. The van der Waals surface area contributed by atoms with Gasteiger partial charge in [0.15, 0.2) is 0 Å². The highest BCUT2D eigenvalue weighted by molar-refractivity contribution is 6.28. The molecular formula is C21H27ClN6O. The number of carbonyl (C=O) groups excluding carboxylic acids is 1. The van der Waals surface area contributed by atoms with E-state index in [4.69, 9.17) is 11.6 Å². The van der Waals surface area contributed by atoms with Crippen molar-refractivity contribution in [3.63, 3.8) is 0 Å². The maximum atomic E-state index is 12.6. The molecule has 4 rings (SSSR count). The zero-order valence-electron chi connectivity index (χ0n) is 17.4. The van der Waals surface area contributed by atoms with Crippen LogP contribution in [0.2, 0.25) is 5.28 Å². The summed E-state index contributed by atoms with van der Waals surface area (Å²) in [6, 6.07) is 2.34. The highest BCUT2D eigenvalue weighted by atomic mass is 35.5. The number of rotatable bonds is 3. The Morgan fingerprint density at radius 1 is 1.24 bits per heavy atom. The molecule has 0 unspecified atom stereocenters. The summed E-state index contributed by atoms with van der Waals surface area (Å²) in [6.07, 6.45) is 7.98. The zero-order chi connectivity index (χ0) is 20.8. The predicted octanol–water partition coefficient (Wildman–Crippen LogP) is 4.08. The lowest BCUT2D eigenvalue weighted by Crippen LogP contribution is -2.40. The number of nitrogens with zero attached hydrogens (tertiary/aromatic N) is 6. The van der Waals surface area contributed by atoms with E-state index in [1.807, 2.05) is 24.3 Å². The summed E-state index contributed by atoms with van der Waals surface area (Å²) < 4.78 is 4.05. The summed E-state index contributed by atoms with van der Waals surface area (Å²) >= 11 is 6.11. The molecule has 1 amide bonds. The van der Waals surface area contributed by atoms with E-state index in [0.29, 0.717) is 6.42 Å². The van der Waals surface area contributed by atoms with E-state index in [2.05, 4.69) is 46.5 Å². The number of hydrogen-bond acceptors (Lipinski definition) is 4. The van der Waals surface area contributed by atoms with E-state index in [9.17, 15) is 4.79 Å². The van der Waals surface area contributed by atoms with Crippen molar-refractivity contribution in [1.82, 2.24) is 29.2 Å². The van der Waals surface area contributed by atoms with Gasteiger partial charge in [0.2, 0.25) is 11.2 Å². The summed E-state index contributed by atoms with van der Waals surface area (Å²) in [5.74, 6) is 0.242. The molecule has 0 radical (unpaired) electrons. The molecule has 0 bridgehead atoms. The molecule has 3 aromatic rings. The van der Waals surface area contributed by atoms with Gasteiger partial charge in [-0.05, 0) is 35.9 Å². The monoisotopic (exact) mass is 414 g/mol. The van der Waals surface area contributed by atoms with Crippen LogP contribution in [0.4, 0.5) is 0 Å². The molecule has 0 aliphatic carbocycles. The van der Waals surface area contributed by atoms with Crippen molar-refractivity contribution in [3.8, 4) is 11.3 Å². The lowest BCUT2D eigenvalue weighted by Gasteiger charge is -2.35. The molecule has 1 aliphatic rings. The molecule has 4 heterocycles. The van der Waals surface area contributed by atoms with Gasteiger partial charge in [-0.3, -0.25) is 9.48 Å². The Morgan fingerprint density at radius 2 is 1.97 bits per heavy atom. The number of likely N-dealkylation sites (tertiary alicyclic amines) is 1. The molecule has 7 nitrogen and oxygen atoms in total. The largest absolute Gasteiger partial charge is 0.343 e. The molecule has 1 saturated heterocycles. The number of amides is 1. The van der Waals surface area contributed by atoms with E-state index in [-0.39, 0.29) is 22.6 Å². The van der Waals surface area contributed by atoms with Crippen LogP contribution >= 0.6 is 11.6 Å². The lowest BCUT2D eigenvalue weighted by molar-refractivity contribution is -0.134. The average Bonchev–Trinajstić information content (AvgIpc) is 3.23. The molecule has 0 aromatic carbocycles. The average molecular weight is 415 g/mol. The third-order valence-corrected chi connectivity index (χ3v) is 5.59. The third kappa shape index (κ3) is 4.15. The van der Waals surface area contributed by atoms with Crippen LogP contribution < -0.4 is 0 Å².